The third-order valence-corrected chi connectivity index (χ3v) is 4.41. The molecule has 0 fully saturated rings. The maximum atomic E-state index is 13.4. The first-order chi connectivity index (χ1) is 10.7. The Hall–Kier alpha value is -1.58. The van der Waals surface area contributed by atoms with E-state index in [1.54, 1.807) is 43.1 Å². The van der Waals surface area contributed by atoms with E-state index in [0.29, 0.717) is 17.6 Å². The molecule has 23 heavy (non-hydrogen) atoms. The number of likely N-dealkylation sites (N-methyl/N-ethyl adjacent to an activating group) is 1. The quantitative estimate of drug-likeness (QED) is 0.832. The molecule has 2 aromatic rings. The Morgan fingerprint density at radius 3 is 2.61 bits per heavy atom. The van der Waals surface area contributed by atoms with E-state index in [9.17, 15) is 17.2 Å². The molecule has 0 aliphatic carbocycles. The highest BCUT2D eigenvalue weighted by Crippen LogP contribution is 2.28. The van der Waals surface area contributed by atoms with Crippen molar-refractivity contribution in [2.45, 2.75) is 19.5 Å². The van der Waals surface area contributed by atoms with Crippen molar-refractivity contribution >= 4 is 21.1 Å². The van der Waals surface area contributed by atoms with Gasteiger partial charge in [0.25, 0.3) is 0 Å². The summed E-state index contributed by atoms with van der Waals surface area (Å²) in [6, 6.07) is 6.35. The van der Waals surface area contributed by atoms with E-state index in [4.69, 9.17) is 0 Å². The van der Waals surface area contributed by atoms with Crippen molar-refractivity contribution in [3.8, 4) is 0 Å². The number of alkyl halides is 2. The molecule has 1 heterocycles. The summed E-state index contributed by atoms with van der Waals surface area (Å²) in [5, 5.41) is 0. The summed E-state index contributed by atoms with van der Waals surface area (Å²) < 4.78 is 52.3. The van der Waals surface area contributed by atoms with E-state index >= 15 is 0 Å². The number of halogens is 2. The molecule has 0 bridgehead atoms. The van der Waals surface area contributed by atoms with Crippen LogP contribution >= 0.6 is 0 Å². The van der Waals surface area contributed by atoms with Crippen molar-refractivity contribution in [3.63, 3.8) is 0 Å². The summed E-state index contributed by atoms with van der Waals surface area (Å²) in [5.74, 6) is 0.253. The lowest BCUT2D eigenvalue weighted by Gasteiger charge is -2.24. The number of aromatic nitrogens is 2. The van der Waals surface area contributed by atoms with Crippen molar-refractivity contribution in [2.24, 2.45) is 0 Å². The molecule has 0 aliphatic rings. The number of nitrogens with one attached hydrogen (secondary N) is 1. The highest BCUT2D eigenvalue weighted by Gasteiger charge is 2.24. The average molecular weight is 346 g/mol. The second kappa shape index (κ2) is 6.90. The summed E-state index contributed by atoms with van der Waals surface area (Å²) in [7, 11) is -1.53. The van der Waals surface area contributed by atoms with Gasteiger partial charge in [-0.2, -0.15) is 8.78 Å². The molecule has 0 unspecified atom stereocenters. The number of rotatable bonds is 7. The lowest BCUT2D eigenvalue weighted by Crippen LogP contribution is -2.34. The van der Waals surface area contributed by atoms with E-state index in [-0.39, 0.29) is 12.4 Å². The van der Waals surface area contributed by atoms with Gasteiger partial charge in [-0.1, -0.05) is 12.1 Å². The number of nitrogens with zero attached hydrogens (tertiary/aromatic N) is 3. The van der Waals surface area contributed by atoms with Gasteiger partial charge in [-0.05, 0) is 26.1 Å². The van der Waals surface area contributed by atoms with Gasteiger partial charge in [-0.3, -0.25) is 9.47 Å². The Kier molecular flexibility index (Phi) is 5.33. The highest BCUT2D eigenvalue weighted by molar-refractivity contribution is 7.88. The van der Waals surface area contributed by atoms with Crippen LogP contribution in [0, 0.1) is 0 Å². The first kappa shape index (κ1) is 17.8. The third kappa shape index (κ3) is 4.24. The minimum atomic E-state index is -3.27. The molecule has 2 rings (SSSR count). The molecular weight excluding hydrogens is 326 g/mol. The van der Waals surface area contributed by atoms with Crippen molar-refractivity contribution in [1.82, 2.24) is 19.2 Å². The Labute approximate surface area is 134 Å². The minimum Gasteiger partial charge on any atom is -0.295 e. The van der Waals surface area contributed by atoms with Gasteiger partial charge in [0, 0.05) is 13.1 Å². The van der Waals surface area contributed by atoms with Crippen LogP contribution in [0.25, 0.3) is 11.0 Å². The van der Waals surface area contributed by atoms with Crippen molar-refractivity contribution < 1.29 is 17.2 Å². The summed E-state index contributed by atoms with van der Waals surface area (Å²) in [4.78, 5) is 6.09. The predicted molar refractivity (Wildman–Crippen MR) is 84.9 cm³/mol. The van der Waals surface area contributed by atoms with Crippen LogP contribution in [-0.4, -0.2) is 49.3 Å². The van der Waals surface area contributed by atoms with Gasteiger partial charge in [-0.15, -0.1) is 0 Å². The molecule has 0 saturated heterocycles. The van der Waals surface area contributed by atoms with Gasteiger partial charge >= 0.3 is 6.55 Å². The molecule has 1 N–H and O–H groups in total. The standard InChI is InChI=1S/C14H20F2N4O2S/c1-10(19(2)9-8-17-23(3,21)22)13-18-11-6-4-5-7-12(11)20(13)14(15)16/h4-7,10,14,17H,8-9H2,1-3H3/t10-/m1/s1. The van der Waals surface area contributed by atoms with Gasteiger partial charge < -0.3 is 0 Å². The summed E-state index contributed by atoms with van der Waals surface area (Å²) in [5.41, 5.74) is 0.893. The van der Waals surface area contributed by atoms with Crippen LogP contribution in [0.3, 0.4) is 0 Å². The van der Waals surface area contributed by atoms with E-state index in [0.717, 1.165) is 10.8 Å². The smallest absolute Gasteiger partial charge is 0.295 e. The molecule has 0 aliphatic heterocycles. The Morgan fingerprint density at radius 1 is 1.35 bits per heavy atom. The van der Waals surface area contributed by atoms with E-state index in [1.807, 2.05) is 0 Å². The zero-order chi connectivity index (χ0) is 17.2. The van der Waals surface area contributed by atoms with Crippen LogP contribution in [0.4, 0.5) is 8.78 Å². The van der Waals surface area contributed by atoms with E-state index in [2.05, 4.69) is 9.71 Å². The van der Waals surface area contributed by atoms with Crippen LogP contribution in [0.1, 0.15) is 25.3 Å². The van der Waals surface area contributed by atoms with Crippen LogP contribution in [0.5, 0.6) is 0 Å². The summed E-state index contributed by atoms with van der Waals surface area (Å²) in [6.45, 7) is -0.349. The number of sulfonamides is 1. The zero-order valence-corrected chi connectivity index (χ0v) is 14.0. The van der Waals surface area contributed by atoms with Crippen molar-refractivity contribution in [2.75, 3.05) is 26.4 Å². The van der Waals surface area contributed by atoms with Crippen LogP contribution in [0.2, 0.25) is 0 Å². The highest BCUT2D eigenvalue weighted by atomic mass is 32.2. The number of fused-ring (bicyclic) bond motifs is 1. The van der Waals surface area contributed by atoms with Gasteiger partial charge in [0.15, 0.2) is 0 Å². The number of imidazole rings is 1. The maximum Gasteiger partial charge on any atom is 0.320 e. The fourth-order valence-corrected chi connectivity index (χ4v) is 2.82. The lowest BCUT2D eigenvalue weighted by molar-refractivity contribution is 0.0662. The number of hydrogen-bond acceptors (Lipinski definition) is 4. The van der Waals surface area contributed by atoms with Gasteiger partial charge in [0.2, 0.25) is 10.0 Å². The molecule has 1 aromatic heterocycles. The molecular formula is C14H20F2N4O2S. The Bertz CT molecular complexity index is 776. The van der Waals surface area contributed by atoms with Crippen LogP contribution in [-0.2, 0) is 10.0 Å². The van der Waals surface area contributed by atoms with Gasteiger partial charge in [-0.25, -0.2) is 18.1 Å². The van der Waals surface area contributed by atoms with E-state index < -0.39 is 22.6 Å². The zero-order valence-electron chi connectivity index (χ0n) is 13.2. The molecule has 1 atom stereocenters. The lowest BCUT2D eigenvalue weighted by atomic mass is 10.2. The normalized spacial score (nSPS) is 14.0. The topological polar surface area (TPSA) is 67.2 Å². The van der Waals surface area contributed by atoms with Gasteiger partial charge in [0.1, 0.15) is 5.82 Å². The molecule has 0 radical (unpaired) electrons. The first-order valence-corrected chi connectivity index (χ1v) is 8.99. The predicted octanol–water partition coefficient (Wildman–Crippen LogP) is 1.97. The largest absolute Gasteiger partial charge is 0.320 e. The average Bonchev–Trinajstić information content (AvgIpc) is 2.84. The molecule has 0 amide bonds. The van der Waals surface area contributed by atoms with Gasteiger partial charge in [0.05, 0.1) is 23.3 Å². The fourth-order valence-electron chi connectivity index (χ4n) is 2.36. The molecule has 9 heteroatoms. The monoisotopic (exact) mass is 346 g/mol. The second-order valence-corrected chi connectivity index (χ2v) is 7.26. The Balaban J connectivity index is 2.23. The van der Waals surface area contributed by atoms with Crippen LogP contribution in [0.15, 0.2) is 24.3 Å². The summed E-state index contributed by atoms with van der Waals surface area (Å²) >= 11 is 0. The van der Waals surface area contributed by atoms with Crippen molar-refractivity contribution in [1.29, 1.82) is 0 Å². The molecule has 128 valence electrons. The molecule has 0 spiro atoms. The number of benzene rings is 1. The number of para-hydroxylation sites is 2. The Morgan fingerprint density at radius 2 is 2.00 bits per heavy atom. The van der Waals surface area contributed by atoms with E-state index in [1.165, 1.54) is 0 Å². The SMILES string of the molecule is C[C@H](c1nc2ccccc2n1C(F)F)N(C)CCNS(C)(=O)=O. The maximum absolute atomic E-state index is 13.4. The third-order valence-electron chi connectivity index (χ3n) is 3.68. The van der Waals surface area contributed by atoms with Crippen LogP contribution < -0.4 is 4.72 Å². The summed E-state index contributed by atoms with van der Waals surface area (Å²) in [6.07, 6.45) is 1.08. The second-order valence-electron chi connectivity index (χ2n) is 5.43. The minimum absolute atomic E-state index is 0.203. The molecule has 1 aromatic carbocycles. The molecule has 6 nitrogen and oxygen atoms in total. The fraction of sp³-hybridized carbons (Fsp3) is 0.500. The van der Waals surface area contributed by atoms with Crippen molar-refractivity contribution in [3.05, 3.63) is 30.1 Å². The first-order valence-electron chi connectivity index (χ1n) is 7.10. The molecule has 0 saturated carbocycles. The number of hydrogen-bond donors (Lipinski definition) is 1.